The molecule has 0 bridgehead atoms. The van der Waals surface area contributed by atoms with Gasteiger partial charge in [-0.25, -0.2) is 0 Å². The van der Waals surface area contributed by atoms with E-state index < -0.39 is 5.91 Å². The number of carbonyl (C=O) groups is 2. The fourth-order valence-corrected chi connectivity index (χ4v) is 2.45. The summed E-state index contributed by atoms with van der Waals surface area (Å²) in [6.45, 7) is 6.27. The molecule has 1 saturated heterocycles. The van der Waals surface area contributed by atoms with Gasteiger partial charge in [-0.1, -0.05) is 6.58 Å². The molecule has 1 fully saturated rings. The average Bonchev–Trinajstić information content (AvgIpc) is 2.56. The van der Waals surface area contributed by atoms with Crippen LogP contribution in [0.15, 0.2) is 30.9 Å². The number of nitrogens with one attached hydrogen (secondary N) is 1. The summed E-state index contributed by atoms with van der Waals surface area (Å²) in [6, 6.07) is 6.62. The van der Waals surface area contributed by atoms with Crippen LogP contribution in [0.4, 0.5) is 5.69 Å². The second-order valence-corrected chi connectivity index (χ2v) is 5.89. The summed E-state index contributed by atoms with van der Waals surface area (Å²) in [5.41, 5.74) is 0.164. The van der Waals surface area contributed by atoms with Crippen LogP contribution in [-0.4, -0.2) is 34.9 Å². The van der Waals surface area contributed by atoms with Crippen molar-refractivity contribution < 1.29 is 14.7 Å². The molecule has 2 N–H and O–H groups in total. The minimum atomic E-state index is -0.465. The molecule has 0 unspecified atom stereocenters. The molecule has 2 rings (SSSR count). The van der Waals surface area contributed by atoms with Crippen molar-refractivity contribution >= 4 is 17.5 Å². The van der Waals surface area contributed by atoms with Crippen LogP contribution in [0.3, 0.4) is 0 Å². The summed E-state index contributed by atoms with van der Waals surface area (Å²) in [7, 11) is 0. The lowest BCUT2D eigenvalue weighted by atomic mass is 9.82. The first-order valence-corrected chi connectivity index (χ1v) is 7.35. The number of hydrogen-bond acceptors (Lipinski definition) is 4. The van der Waals surface area contributed by atoms with E-state index in [0.717, 1.165) is 6.08 Å². The zero-order chi connectivity index (χ0) is 17.0. The standard InChI is InChI=1S/C17H19N3O3/c1-3-15(22)19-13-10-12(4-5-14(13)21)16(23)20-8-6-17(2,11-18)7-9-20/h3-5,10,21H,1,6-9H2,2H3,(H,19,22). The zero-order valence-electron chi connectivity index (χ0n) is 13.0. The number of piperidine rings is 1. The van der Waals surface area contributed by atoms with Gasteiger partial charge in [0.15, 0.2) is 0 Å². The number of carbonyl (C=O) groups excluding carboxylic acids is 2. The number of rotatable bonds is 3. The van der Waals surface area contributed by atoms with E-state index in [2.05, 4.69) is 18.0 Å². The molecule has 0 radical (unpaired) electrons. The summed E-state index contributed by atoms with van der Waals surface area (Å²) < 4.78 is 0. The van der Waals surface area contributed by atoms with E-state index in [9.17, 15) is 14.7 Å². The van der Waals surface area contributed by atoms with Gasteiger partial charge in [-0.3, -0.25) is 9.59 Å². The number of nitrogens with zero attached hydrogens (tertiary/aromatic N) is 2. The predicted molar refractivity (Wildman–Crippen MR) is 85.8 cm³/mol. The van der Waals surface area contributed by atoms with E-state index in [1.165, 1.54) is 18.2 Å². The summed E-state index contributed by atoms with van der Waals surface area (Å²) >= 11 is 0. The first-order chi connectivity index (χ1) is 10.9. The second-order valence-electron chi connectivity index (χ2n) is 5.89. The third-order valence-corrected chi connectivity index (χ3v) is 4.11. The Bertz CT molecular complexity index is 683. The van der Waals surface area contributed by atoms with Crippen molar-refractivity contribution in [3.8, 4) is 11.8 Å². The van der Waals surface area contributed by atoms with Crippen LogP contribution < -0.4 is 5.32 Å². The molecule has 23 heavy (non-hydrogen) atoms. The Hall–Kier alpha value is -2.81. The van der Waals surface area contributed by atoms with Crippen LogP contribution in [0.2, 0.25) is 0 Å². The van der Waals surface area contributed by atoms with E-state index in [-0.39, 0.29) is 22.8 Å². The Morgan fingerprint density at radius 1 is 1.43 bits per heavy atom. The van der Waals surface area contributed by atoms with Gasteiger partial charge >= 0.3 is 0 Å². The normalized spacial score (nSPS) is 16.3. The first kappa shape index (κ1) is 16.6. The number of anilines is 1. The van der Waals surface area contributed by atoms with Gasteiger partial charge in [-0.05, 0) is 44.0 Å². The molecule has 0 atom stereocenters. The van der Waals surface area contributed by atoms with E-state index in [1.54, 1.807) is 4.90 Å². The average molecular weight is 313 g/mol. The highest BCUT2D eigenvalue weighted by atomic mass is 16.3. The summed E-state index contributed by atoms with van der Waals surface area (Å²) in [5.74, 6) is -0.765. The third-order valence-electron chi connectivity index (χ3n) is 4.11. The quantitative estimate of drug-likeness (QED) is 0.661. The monoisotopic (exact) mass is 313 g/mol. The number of hydrogen-bond donors (Lipinski definition) is 2. The lowest BCUT2D eigenvalue weighted by molar-refractivity contribution is -0.111. The molecule has 1 aromatic rings. The number of nitriles is 1. The lowest BCUT2D eigenvalue weighted by Gasteiger charge is -2.35. The minimum absolute atomic E-state index is 0.118. The fraction of sp³-hybridized carbons (Fsp3) is 0.353. The van der Waals surface area contributed by atoms with Crippen LogP contribution in [0.25, 0.3) is 0 Å². The SMILES string of the molecule is C=CC(=O)Nc1cc(C(=O)N2CCC(C)(C#N)CC2)ccc1O. The minimum Gasteiger partial charge on any atom is -0.506 e. The maximum absolute atomic E-state index is 12.5. The van der Waals surface area contributed by atoms with Gasteiger partial charge in [0.05, 0.1) is 17.2 Å². The molecule has 0 aromatic heterocycles. The summed E-state index contributed by atoms with van der Waals surface area (Å²) in [4.78, 5) is 25.6. The predicted octanol–water partition coefficient (Wildman–Crippen LogP) is 2.28. The highest BCUT2D eigenvalue weighted by molar-refractivity contribution is 6.02. The van der Waals surface area contributed by atoms with Crippen molar-refractivity contribution in [2.24, 2.45) is 5.41 Å². The smallest absolute Gasteiger partial charge is 0.253 e. The Balaban J connectivity index is 2.14. The van der Waals surface area contributed by atoms with Crippen LogP contribution in [0, 0.1) is 16.7 Å². The van der Waals surface area contributed by atoms with Crippen LogP contribution in [0.1, 0.15) is 30.1 Å². The maximum atomic E-state index is 12.5. The molecule has 2 amide bonds. The van der Waals surface area contributed by atoms with Gasteiger partial charge in [0.2, 0.25) is 5.91 Å². The Kier molecular flexibility index (Phi) is 4.70. The summed E-state index contributed by atoms with van der Waals surface area (Å²) in [6.07, 6.45) is 2.35. The van der Waals surface area contributed by atoms with E-state index in [4.69, 9.17) is 5.26 Å². The highest BCUT2D eigenvalue weighted by Gasteiger charge is 2.32. The Labute approximate surface area is 135 Å². The number of likely N-dealkylation sites (tertiary alicyclic amines) is 1. The molecule has 1 heterocycles. The number of amides is 2. The van der Waals surface area contributed by atoms with Gasteiger partial charge in [0.25, 0.3) is 5.91 Å². The highest BCUT2D eigenvalue weighted by Crippen LogP contribution is 2.31. The van der Waals surface area contributed by atoms with Crippen molar-refractivity contribution in [3.05, 3.63) is 36.4 Å². The number of aromatic hydroxyl groups is 1. The molecule has 0 spiro atoms. The van der Waals surface area contributed by atoms with Crippen LogP contribution >= 0.6 is 0 Å². The van der Waals surface area contributed by atoms with Crippen LogP contribution in [-0.2, 0) is 4.79 Å². The molecule has 0 aliphatic carbocycles. The molecule has 0 saturated carbocycles. The molecule has 1 aromatic carbocycles. The number of phenolic OH excluding ortho intramolecular Hbond substituents is 1. The Morgan fingerprint density at radius 2 is 2.09 bits per heavy atom. The lowest BCUT2D eigenvalue weighted by Crippen LogP contribution is -2.41. The van der Waals surface area contributed by atoms with Gasteiger partial charge in [0, 0.05) is 18.7 Å². The van der Waals surface area contributed by atoms with Gasteiger partial charge in [-0.2, -0.15) is 5.26 Å². The second kappa shape index (κ2) is 6.53. The number of benzene rings is 1. The van der Waals surface area contributed by atoms with Crippen molar-refractivity contribution in [3.63, 3.8) is 0 Å². The van der Waals surface area contributed by atoms with Crippen molar-refractivity contribution in [1.82, 2.24) is 4.90 Å². The van der Waals surface area contributed by atoms with E-state index >= 15 is 0 Å². The number of phenols is 1. The maximum Gasteiger partial charge on any atom is 0.253 e. The largest absolute Gasteiger partial charge is 0.506 e. The zero-order valence-corrected chi connectivity index (χ0v) is 13.0. The topological polar surface area (TPSA) is 93.4 Å². The molecule has 6 nitrogen and oxygen atoms in total. The van der Waals surface area contributed by atoms with Gasteiger partial charge in [0.1, 0.15) is 5.75 Å². The fourth-order valence-electron chi connectivity index (χ4n) is 2.45. The molecule has 6 heteroatoms. The molecular formula is C17H19N3O3. The van der Waals surface area contributed by atoms with Crippen molar-refractivity contribution in [2.45, 2.75) is 19.8 Å². The van der Waals surface area contributed by atoms with E-state index in [1.807, 2.05) is 6.92 Å². The molecule has 1 aliphatic rings. The summed E-state index contributed by atoms with van der Waals surface area (Å²) in [5, 5.41) is 21.4. The first-order valence-electron chi connectivity index (χ1n) is 7.35. The Morgan fingerprint density at radius 3 is 2.65 bits per heavy atom. The van der Waals surface area contributed by atoms with Gasteiger partial charge in [-0.15, -0.1) is 0 Å². The van der Waals surface area contributed by atoms with Crippen molar-refractivity contribution in [2.75, 3.05) is 18.4 Å². The molecule has 1 aliphatic heterocycles. The van der Waals surface area contributed by atoms with Crippen LogP contribution in [0.5, 0.6) is 5.75 Å². The molecule has 120 valence electrons. The van der Waals surface area contributed by atoms with Crippen molar-refractivity contribution in [1.29, 1.82) is 5.26 Å². The third kappa shape index (κ3) is 3.69. The van der Waals surface area contributed by atoms with Gasteiger partial charge < -0.3 is 15.3 Å². The molecular weight excluding hydrogens is 294 g/mol. The van der Waals surface area contributed by atoms with E-state index in [0.29, 0.717) is 31.5 Å².